The van der Waals surface area contributed by atoms with E-state index in [0.717, 1.165) is 6.07 Å². The molecule has 1 aliphatic carbocycles. The molecule has 0 radical (unpaired) electrons. The number of nitro groups is 3. The Morgan fingerprint density at radius 1 is 0.957 bits per heavy atom. The van der Waals surface area contributed by atoms with Gasteiger partial charge in [-0.3, -0.25) is 30.3 Å². The first-order valence-corrected chi connectivity index (χ1v) is 6.04. The van der Waals surface area contributed by atoms with Crippen LogP contribution in [0.4, 0.5) is 17.1 Å². The van der Waals surface area contributed by atoms with Crippen LogP contribution in [0.25, 0.3) is 11.1 Å². The molecule has 0 saturated heterocycles. The molecule has 0 spiro atoms. The Morgan fingerprint density at radius 2 is 1.65 bits per heavy atom. The van der Waals surface area contributed by atoms with Crippen LogP contribution in [0.5, 0.6) is 0 Å². The van der Waals surface area contributed by atoms with Gasteiger partial charge in [-0.1, -0.05) is 17.7 Å². The molecule has 0 aliphatic heterocycles. The molecule has 9 nitrogen and oxygen atoms in total. The van der Waals surface area contributed by atoms with E-state index in [1.54, 1.807) is 0 Å². The van der Waals surface area contributed by atoms with E-state index in [2.05, 4.69) is 6.07 Å². The molecule has 0 fully saturated rings. The topological polar surface area (TPSA) is 129 Å². The van der Waals surface area contributed by atoms with E-state index < -0.39 is 26.1 Å². The van der Waals surface area contributed by atoms with Gasteiger partial charge in [-0.15, -0.1) is 5.56 Å². The summed E-state index contributed by atoms with van der Waals surface area (Å²) >= 11 is 0. The predicted molar refractivity (Wildman–Crippen MR) is 73.5 cm³/mol. The Kier molecular flexibility index (Phi) is 4.13. The second-order valence-corrected chi connectivity index (χ2v) is 4.68. The van der Waals surface area contributed by atoms with Gasteiger partial charge in [0.05, 0.1) is 4.92 Å². The smallest absolute Gasteiger partial charge is 0.260 e. The van der Waals surface area contributed by atoms with Gasteiger partial charge >= 0.3 is 17.1 Å². The normalized spacial score (nSPS) is 11.1. The van der Waals surface area contributed by atoms with E-state index in [-0.39, 0.29) is 34.7 Å². The van der Waals surface area contributed by atoms with Crippen LogP contribution >= 0.6 is 0 Å². The van der Waals surface area contributed by atoms with E-state index in [0.29, 0.717) is 16.7 Å². The molecule has 2 aromatic rings. The Bertz CT molecular complexity index is 867. The summed E-state index contributed by atoms with van der Waals surface area (Å²) in [5, 5.41) is 32.8. The molecule has 3 rings (SSSR count). The number of nitro benzene ring substituents is 3. The van der Waals surface area contributed by atoms with Crippen molar-refractivity contribution in [1.29, 1.82) is 0 Å². The minimum absolute atomic E-state index is 0. The average molecular weight is 364 g/mol. The van der Waals surface area contributed by atoms with Crippen LogP contribution in [0.3, 0.4) is 0 Å². The van der Waals surface area contributed by atoms with Gasteiger partial charge in [-0.2, -0.15) is 0 Å². The number of hydrogen-bond donors (Lipinski definition) is 0. The van der Waals surface area contributed by atoms with Crippen molar-refractivity contribution in [2.45, 2.75) is 6.42 Å². The number of rotatable bonds is 3. The summed E-state index contributed by atoms with van der Waals surface area (Å²) in [5.41, 5.74) is 0.504. The molecule has 0 bridgehead atoms. The van der Waals surface area contributed by atoms with Crippen LogP contribution in [0, 0.1) is 36.4 Å². The molecule has 0 saturated carbocycles. The molecule has 0 unspecified atom stereocenters. The van der Waals surface area contributed by atoms with Gasteiger partial charge in [0.25, 0.3) is 5.69 Å². The molecule has 0 aromatic heterocycles. The third-order valence-corrected chi connectivity index (χ3v) is 3.44. The van der Waals surface area contributed by atoms with Crippen molar-refractivity contribution in [3.05, 3.63) is 71.8 Å². The van der Waals surface area contributed by atoms with Gasteiger partial charge in [0.15, 0.2) is 11.4 Å². The molecule has 0 atom stereocenters. The molecule has 0 N–H and O–H groups in total. The van der Waals surface area contributed by atoms with Gasteiger partial charge < -0.3 is 0 Å². The van der Waals surface area contributed by atoms with E-state index in [1.165, 1.54) is 18.2 Å². The molecule has 1 aliphatic rings. The zero-order chi connectivity index (χ0) is 16.0. The monoisotopic (exact) mass is 363 g/mol. The summed E-state index contributed by atoms with van der Waals surface area (Å²) in [6.07, 6.45) is 0.134. The fraction of sp³-hybridized carbons (Fsp3) is 0.0769. The Balaban J connectivity index is 0.00000192. The zero-order valence-electron chi connectivity index (χ0n) is 11.1. The second-order valence-electron chi connectivity index (χ2n) is 4.68. The van der Waals surface area contributed by atoms with Crippen molar-refractivity contribution in [2.24, 2.45) is 0 Å². The minimum atomic E-state index is -0.751. The number of nitrogens with zero attached hydrogens (tertiary/aromatic N) is 3. The largest absolute Gasteiger partial charge is 1.00 e. The molecule has 120 valence electrons. The van der Waals surface area contributed by atoms with E-state index in [9.17, 15) is 30.3 Å². The first-order chi connectivity index (χ1) is 10.4. The van der Waals surface area contributed by atoms with Crippen molar-refractivity contribution >= 4 is 17.1 Å². The summed E-state index contributed by atoms with van der Waals surface area (Å²) in [7, 11) is 0. The maximum atomic E-state index is 11.2. The molecule has 0 heterocycles. The van der Waals surface area contributed by atoms with Crippen LogP contribution in [0.1, 0.15) is 11.1 Å². The van der Waals surface area contributed by atoms with E-state index in [4.69, 9.17) is 0 Å². The van der Waals surface area contributed by atoms with Crippen LogP contribution in [0.15, 0.2) is 24.3 Å². The summed E-state index contributed by atoms with van der Waals surface area (Å²) in [5.74, 6) is 0. The fourth-order valence-corrected chi connectivity index (χ4v) is 2.56. The molecule has 10 heteroatoms. The SMILES string of the molecule is O=[N+]([O-])c1[c-]c2c(c([N+](=O)[O-])c1)-c1ccc([N+](=O)[O-])cc1C2.[Cu+]. The standard InChI is InChI=1S/C13H6N3O6.Cu/c17-14(18)9-1-2-11-7(4-9)3-8-5-10(15(19)20)6-12(13(8)11)16(21)22;/h1-2,4,6H,3H2;/q-1;+1. The first-order valence-electron chi connectivity index (χ1n) is 6.04. The van der Waals surface area contributed by atoms with E-state index >= 15 is 0 Å². The van der Waals surface area contributed by atoms with Gasteiger partial charge in [-0.25, -0.2) is 0 Å². The van der Waals surface area contributed by atoms with Crippen molar-refractivity contribution in [1.82, 2.24) is 0 Å². The van der Waals surface area contributed by atoms with Crippen molar-refractivity contribution in [3.63, 3.8) is 0 Å². The summed E-state index contributed by atoms with van der Waals surface area (Å²) in [6.45, 7) is 0. The molecule has 0 amide bonds. The van der Waals surface area contributed by atoms with E-state index in [1.807, 2.05) is 0 Å². The van der Waals surface area contributed by atoms with Crippen molar-refractivity contribution in [3.8, 4) is 11.1 Å². The third-order valence-electron chi connectivity index (χ3n) is 3.44. The van der Waals surface area contributed by atoms with Crippen molar-refractivity contribution in [2.75, 3.05) is 0 Å². The van der Waals surface area contributed by atoms with Gasteiger partial charge in [0, 0.05) is 22.0 Å². The van der Waals surface area contributed by atoms with Crippen LogP contribution in [-0.2, 0) is 23.5 Å². The summed E-state index contributed by atoms with van der Waals surface area (Å²) in [6, 6.07) is 7.39. The maximum Gasteiger partial charge on any atom is 1.00 e. The van der Waals surface area contributed by atoms with Crippen molar-refractivity contribution < 1.29 is 31.8 Å². The Hall–Kier alpha value is -2.84. The number of non-ortho nitro benzene ring substituents is 2. The first kappa shape index (κ1) is 16.5. The van der Waals surface area contributed by atoms with Gasteiger partial charge in [0.1, 0.15) is 0 Å². The number of fused-ring (bicyclic) bond motifs is 3. The van der Waals surface area contributed by atoms with Gasteiger partial charge in [-0.05, 0) is 23.6 Å². The predicted octanol–water partition coefficient (Wildman–Crippen LogP) is 2.78. The summed E-state index contributed by atoms with van der Waals surface area (Å²) in [4.78, 5) is 30.8. The molecule has 23 heavy (non-hydrogen) atoms. The number of hydrogen-bond acceptors (Lipinski definition) is 6. The number of benzene rings is 2. The Morgan fingerprint density at radius 3 is 2.22 bits per heavy atom. The quantitative estimate of drug-likeness (QED) is 0.304. The minimum Gasteiger partial charge on any atom is -0.260 e. The fourth-order valence-electron chi connectivity index (χ4n) is 2.56. The van der Waals surface area contributed by atoms with Crippen LogP contribution in [-0.4, -0.2) is 14.8 Å². The summed E-state index contributed by atoms with van der Waals surface area (Å²) < 4.78 is 0. The molecular weight excluding hydrogens is 358 g/mol. The maximum absolute atomic E-state index is 11.2. The molecule has 2 aromatic carbocycles. The zero-order valence-corrected chi connectivity index (χ0v) is 12.1. The average Bonchev–Trinajstić information content (AvgIpc) is 2.82. The third kappa shape index (κ3) is 2.65. The molecular formula is C13H6CuN3O6. The van der Waals surface area contributed by atoms with Crippen LogP contribution < -0.4 is 0 Å². The van der Waals surface area contributed by atoms with Crippen LogP contribution in [0.2, 0.25) is 0 Å². The second kappa shape index (κ2) is 5.75. The van der Waals surface area contributed by atoms with Gasteiger partial charge in [0.2, 0.25) is 0 Å². The Labute approximate surface area is 138 Å².